The predicted molar refractivity (Wildman–Crippen MR) is 84.1 cm³/mol. The minimum absolute atomic E-state index is 0.141. The van der Waals surface area contributed by atoms with Crippen molar-refractivity contribution in [2.24, 2.45) is 0 Å². The third kappa shape index (κ3) is 3.23. The summed E-state index contributed by atoms with van der Waals surface area (Å²) in [4.78, 5) is 0. The van der Waals surface area contributed by atoms with Crippen LogP contribution in [0.2, 0.25) is 5.02 Å². The van der Waals surface area contributed by atoms with Crippen LogP contribution in [0.1, 0.15) is 16.7 Å². The van der Waals surface area contributed by atoms with Crippen LogP contribution in [0.25, 0.3) is 0 Å². The highest BCUT2D eigenvalue weighted by atomic mass is 79.9. The number of rotatable bonds is 3. The monoisotopic (exact) mass is 339 g/mol. The molecule has 0 aromatic heterocycles. The van der Waals surface area contributed by atoms with Gasteiger partial charge in [-0.2, -0.15) is 0 Å². The lowest BCUT2D eigenvalue weighted by molar-refractivity contribution is 0.469. The highest BCUT2D eigenvalue weighted by molar-refractivity contribution is 9.10. The van der Waals surface area contributed by atoms with Crippen molar-refractivity contribution in [3.8, 4) is 5.75 Å². The fourth-order valence-electron chi connectivity index (χ4n) is 1.95. The maximum atomic E-state index is 9.85. The van der Waals surface area contributed by atoms with Crippen LogP contribution in [-0.4, -0.2) is 5.11 Å². The van der Waals surface area contributed by atoms with E-state index in [0.717, 1.165) is 15.7 Å². The molecule has 0 heterocycles. The van der Waals surface area contributed by atoms with Crippen molar-refractivity contribution in [3.05, 3.63) is 56.5 Å². The van der Waals surface area contributed by atoms with Crippen LogP contribution in [0, 0.1) is 13.8 Å². The molecule has 0 saturated carbocycles. The third-order valence-electron chi connectivity index (χ3n) is 2.99. The molecule has 19 heavy (non-hydrogen) atoms. The predicted octanol–water partition coefficient (Wildman–Crippen LogP) is 5.04. The van der Waals surface area contributed by atoms with E-state index in [2.05, 4.69) is 47.2 Å². The summed E-state index contributed by atoms with van der Waals surface area (Å²) < 4.78 is 1.13. The van der Waals surface area contributed by atoms with Gasteiger partial charge in [-0.1, -0.05) is 39.7 Å². The van der Waals surface area contributed by atoms with E-state index in [0.29, 0.717) is 11.6 Å². The molecular formula is C15H15BrClNO. The number of hydrogen-bond acceptors (Lipinski definition) is 2. The molecule has 0 bridgehead atoms. The maximum absolute atomic E-state index is 9.85. The Labute approximate surface area is 126 Å². The Hall–Kier alpha value is -1.19. The fraction of sp³-hybridized carbons (Fsp3) is 0.200. The number of anilines is 1. The average Bonchev–Trinajstić information content (AvgIpc) is 2.37. The molecule has 2 N–H and O–H groups in total. The lowest BCUT2D eigenvalue weighted by atomic mass is 10.1. The first-order valence-corrected chi connectivity index (χ1v) is 7.13. The summed E-state index contributed by atoms with van der Waals surface area (Å²) in [5, 5.41) is 13.5. The zero-order valence-electron chi connectivity index (χ0n) is 10.8. The van der Waals surface area contributed by atoms with Crippen molar-refractivity contribution in [1.29, 1.82) is 0 Å². The minimum atomic E-state index is 0.141. The lowest BCUT2D eigenvalue weighted by Crippen LogP contribution is -2.01. The van der Waals surface area contributed by atoms with Gasteiger partial charge in [0.2, 0.25) is 0 Å². The van der Waals surface area contributed by atoms with Crippen molar-refractivity contribution in [1.82, 2.24) is 0 Å². The summed E-state index contributed by atoms with van der Waals surface area (Å²) >= 11 is 9.43. The summed E-state index contributed by atoms with van der Waals surface area (Å²) in [7, 11) is 0. The zero-order valence-corrected chi connectivity index (χ0v) is 13.1. The molecule has 0 aliphatic carbocycles. The van der Waals surface area contributed by atoms with E-state index >= 15 is 0 Å². The molecular weight excluding hydrogens is 326 g/mol. The van der Waals surface area contributed by atoms with E-state index in [1.165, 1.54) is 11.1 Å². The first-order chi connectivity index (χ1) is 8.99. The van der Waals surface area contributed by atoms with Crippen LogP contribution < -0.4 is 5.32 Å². The molecule has 0 fully saturated rings. The topological polar surface area (TPSA) is 32.3 Å². The van der Waals surface area contributed by atoms with Crippen molar-refractivity contribution in [2.45, 2.75) is 20.4 Å². The van der Waals surface area contributed by atoms with Gasteiger partial charge in [-0.25, -0.2) is 0 Å². The summed E-state index contributed by atoms with van der Waals surface area (Å²) in [5.41, 5.74) is 4.17. The van der Waals surface area contributed by atoms with Gasteiger partial charge in [0.1, 0.15) is 5.75 Å². The Morgan fingerprint density at radius 1 is 1.21 bits per heavy atom. The van der Waals surface area contributed by atoms with Crippen molar-refractivity contribution >= 4 is 33.2 Å². The number of hydrogen-bond donors (Lipinski definition) is 2. The van der Waals surface area contributed by atoms with Crippen LogP contribution >= 0.6 is 27.5 Å². The number of halogens is 2. The molecule has 0 spiro atoms. The Balaban J connectivity index is 2.17. The summed E-state index contributed by atoms with van der Waals surface area (Å²) in [6, 6.07) is 9.50. The van der Waals surface area contributed by atoms with Gasteiger partial charge in [0.15, 0.2) is 0 Å². The molecule has 0 unspecified atom stereocenters. The number of aryl methyl sites for hydroxylation is 2. The summed E-state index contributed by atoms with van der Waals surface area (Å²) in [5.74, 6) is 0.141. The number of benzene rings is 2. The Morgan fingerprint density at radius 2 is 1.84 bits per heavy atom. The number of aromatic hydroxyl groups is 1. The van der Waals surface area contributed by atoms with Gasteiger partial charge in [-0.15, -0.1) is 0 Å². The minimum Gasteiger partial charge on any atom is -0.506 e. The largest absolute Gasteiger partial charge is 0.506 e. The standard InChI is InChI=1S/C15H15BrClNO/c1-9-6-12(7-10(2)14(9)16)18-8-11-4-3-5-13(17)15(11)19/h3-7,18-19H,8H2,1-2H3. The van der Waals surface area contributed by atoms with Crippen LogP contribution in [0.3, 0.4) is 0 Å². The van der Waals surface area contributed by atoms with Gasteiger partial charge < -0.3 is 10.4 Å². The van der Waals surface area contributed by atoms with Crippen molar-refractivity contribution < 1.29 is 5.11 Å². The second-order valence-corrected chi connectivity index (χ2v) is 5.73. The van der Waals surface area contributed by atoms with Gasteiger partial charge in [0.25, 0.3) is 0 Å². The van der Waals surface area contributed by atoms with E-state index in [9.17, 15) is 5.11 Å². The zero-order chi connectivity index (χ0) is 14.0. The molecule has 2 aromatic carbocycles. The van der Waals surface area contributed by atoms with Gasteiger partial charge in [-0.05, 0) is 43.2 Å². The number of phenols is 1. The summed E-state index contributed by atoms with van der Waals surface area (Å²) in [6.45, 7) is 4.64. The Kier molecular flexibility index (Phi) is 4.38. The molecule has 0 saturated heterocycles. The van der Waals surface area contributed by atoms with E-state index in [1.807, 2.05) is 12.1 Å². The quantitative estimate of drug-likeness (QED) is 0.820. The number of para-hydroxylation sites is 1. The van der Waals surface area contributed by atoms with Crippen LogP contribution in [0.15, 0.2) is 34.8 Å². The van der Waals surface area contributed by atoms with Gasteiger partial charge in [0, 0.05) is 22.3 Å². The maximum Gasteiger partial charge on any atom is 0.139 e. The smallest absolute Gasteiger partial charge is 0.139 e. The molecule has 4 heteroatoms. The highest BCUT2D eigenvalue weighted by Gasteiger charge is 2.06. The number of nitrogens with one attached hydrogen (secondary N) is 1. The SMILES string of the molecule is Cc1cc(NCc2cccc(Cl)c2O)cc(C)c1Br. The molecule has 100 valence electrons. The van der Waals surface area contributed by atoms with E-state index in [1.54, 1.807) is 6.07 Å². The molecule has 0 atom stereocenters. The van der Waals surface area contributed by atoms with Gasteiger partial charge in [-0.3, -0.25) is 0 Å². The first-order valence-electron chi connectivity index (χ1n) is 5.96. The van der Waals surface area contributed by atoms with Gasteiger partial charge >= 0.3 is 0 Å². The van der Waals surface area contributed by atoms with E-state index < -0.39 is 0 Å². The van der Waals surface area contributed by atoms with Crippen LogP contribution in [-0.2, 0) is 6.54 Å². The van der Waals surface area contributed by atoms with Crippen LogP contribution in [0.5, 0.6) is 5.75 Å². The molecule has 2 rings (SSSR count). The van der Waals surface area contributed by atoms with Crippen LogP contribution in [0.4, 0.5) is 5.69 Å². The number of phenolic OH excluding ortho intramolecular Hbond substituents is 1. The molecule has 2 aromatic rings. The normalized spacial score (nSPS) is 10.5. The van der Waals surface area contributed by atoms with Crippen molar-refractivity contribution in [3.63, 3.8) is 0 Å². The molecule has 2 nitrogen and oxygen atoms in total. The lowest BCUT2D eigenvalue weighted by Gasteiger charge is -2.12. The Bertz CT molecular complexity index is 590. The Morgan fingerprint density at radius 3 is 2.47 bits per heavy atom. The second kappa shape index (κ2) is 5.85. The second-order valence-electron chi connectivity index (χ2n) is 4.53. The van der Waals surface area contributed by atoms with Gasteiger partial charge in [0.05, 0.1) is 5.02 Å². The average molecular weight is 341 g/mol. The molecule has 0 aliphatic rings. The molecule has 0 aliphatic heterocycles. The third-order valence-corrected chi connectivity index (χ3v) is 4.55. The van der Waals surface area contributed by atoms with E-state index in [4.69, 9.17) is 11.6 Å². The van der Waals surface area contributed by atoms with Crippen molar-refractivity contribution in [2.75, 3.05) is 5.32 Å². The molecule has 0 radical (unpaired) electrons. The van der Waals surface area contributed by atoms with E-state index in [-0.39, 0.29) is 5.75 Å². The molecule has 0 amide bonds. The highest BCUT2D eigenvalue weighted by Crippen LogP contribution is 2.29. The fourth-order valence-corrected chi connectivity index (χ4v) is 2.37. The first kappa shape index (κ1) is 14.2. The summed E-state index contributed by atoms with van der Waals surface area (Å²) in [6.07, 6.45) is 0.